The van der Waals surface area contributed by atoms with Crippen molar-refractivity contribution < 1.29 is 22.1 Å². The van der Waals surface area contributed by atoms with Crippen molar-refractivity contribution in [2.24, 2.45) is 0 Å². The quantitative estimate of drug-likeness (QED) is 0.715. The minimum atomic E-state index is -4.17. The summed E-state index contributed by atoms with van der Waals surface area (Å²) in [4.78, 5) is -0.146. The lowest BCUT2D eigenvalue weighted by atomic mass is 10.2. The van der Waals surface area contributed by atoms with Crippen LogP contribution in [0.1, 0.15) is 11.1 Å². The molecule has 0 saturated carbocycles. The first-order valence-electron chi connectivity index (χ1n) is 7.15. The van der Waals surface area contributed by atoms with Crippen LogP contribution in [-0.2, 0) is 28.0 Å². The summed E-state index contributed by atoms with van der Waals surface area (Å²) in [5.41, 5.74) is 2.36. The van der Waals surface area contributed by atoms with Gasteiger partial charge in [-0.15, -0.1) is 0 Å². The maximum atomic E-state index is 12.8. The SMILES string of the molecule is C=C(COCc1ccc(F)cc1)NCc1ccc(S(=O)(=O)O)cc1. The Morgan fingerprint density at radius 2 is 1.67 bits per heavy atom. The molecule has 0 amide bonds. The number of ether oxygens (including phenoxy) is 1. The average molecular weight is 351 g/mol. The zero-order valence-corrected chi connectivity index (χ0v) is 13.7. The Balaban J connectivity index is 1.74. The van der Waals surface area contributed by atoms with E-state index >= 15 is 0 Å². The fraction of sp³-hybridized carbons (Fsp3) is 0.176. The van der Waals surface area contributed by atoms with Gasteiger partial charge in [-0.05, 0) is 35.4 Å². The van der Waals surface area contributed by atoms with E-state index in [4.69, 9.17) is 9.29 Å². The summed E-state index contributed by atoms with van der Waals surface area (Å²) < 4.78 is 49.1. The molecule has 0 aromatic heterocycles. The van der Waals surface area contributed by atoms with E-state index in [-0.39, 0.29) is 10.7 Å². The maximum Gasteiger partial charge on any atom is 0.294 e. The second-order valence-electron chi connectivity index (χ2n) is 5.20. The molecule has 7 heteroatoms. The van der Waals surface area contributed by atoms with Crippen LogP contribution < -0.4 is 5.32 Å². The van der Waals surface area contributed by atoms with Gasteiger partial charge >= 0.3 is 0 Å². The van der Waals surface area contributed by atoms with E-state index in [0.717, 1.165) is 11.1 Å². The van der Waals surface area contributed by atoms with Gasteiger partial charge in [0.05, 0.1) is 18.1 Å². The summed E-state index contributed by atoms with van der Waals surface area (Å²) in [6, 6.07) is 11.9. The summed E-state index contributed by atoms with van der Waals surface area (Å²) >= 11 is 0. The molecule has 5 nitrogen and oxygen atoms in total. The molecular weight excluding hydrogens is 333 g/mol. The second-order valence-corrected chi connectivity index (χ2v) is 6.62. The molecule has 0 heterocycles. The van der Waals surface area contributed by atoms with E-state index < -0.39 is 10.1 Å². The molecule has 2 aromatic rings. The van der Waals surface area contributed by atoms with E-state index in [0.29, 0.717) is 25.5 Å². The van der Waals surface area contributed by atoms with Crippen molar-refractivity contribution in [2.45, 2.75) is 18.0 Å². The molecule has 2 N–H and O–H groups in total. The Hall–Kier alpha value is -2.22. The normalized spacial score (nSPS) is 11.2. The van der Waals surface area contributed by atoms with E-state index in [1.165, 1.54) is 24.3 Å². The van der Waals surface area contributed by atoms with Crippen LogP contribution in [0.5, 0.6) is 0 Å². The van der Waals surface area contributed by atoms with Crippen molar-refractivity contribution in [1.82, 2.24) is 5.32 Å². The molecule has 0 spiro atoms. The molecule has 0 radical (unpaired) electrons. The van der Waals surface area contributed by atoms with Gasteiger partial charge in [-0.25, -0.2) is 4.39 Å². The van der Waals surface area contributed by atoms with E-state index in [9.17, 15) is 12.8 Å². The van der Waals surface area contributed by atoms with Gasteiger partial charge in [0, 0.05) is 12.2 Å². The number of rotatable bonds is 8. The second kappa shape index (κ2) is 8.05. The van der Waals surface area contributed by atoms with Crippen LogP contribution in [0.2, 0.25) is 0 Å². The van der Waals surface area contributed by atoms with Crippen molar-refractivity contribution in [3.8, 4) is 0 Å². The number of nitrogens with one attached hydrogen (secondary N) is 1. The maximum absolute atomic E-state index is 12.8. The predicted octanol–water partition coefficient (Wildman–Crippen LogP) is 2.89. The summed E-state index contributed by atoms with van der Waals surface area (Å²) in [6.45, 7) is 4.93. The largest absolute Gasteiger partial charge is 0.383 e. The molecule has 2 aromatic carbocycles. The summed E-state index contributed by atoms with van der Waals surface area (Å²) in [7, 11) is -4.17. The third-order valence-electron chi connectivity index (χ3n) is 3.22. The average Bonchev–Trinajstić information content (AvgIpc) is 2.54. The van der Waals surface area contributed by atoms with Crippen molar-refractivity contribution in [1.29, 1.82) is 0 Å². The van der Waals surface area contributed by atoms with E-state index in [1.54, 1.807) is 24.3 Å². The highest BCUT2D eigenvalue weighted by atomic mass is 32.2. The van der Waals surface area contributed by atoms with Crippen molar-refractivity contribution in [3.05, 3.63) is 77.8 Å². The van der Waals surface area contributed by atoms with Gasteiger partial charge in [-0.3, -0.25) is 4.55 Å². The molecule has 0 bridgehead atoms. The highest BCUT2D eigenvalue weighted by Crippen LogP contribution is 2.10. The Kier molecular flexibility index (Phi) is 6.08. The lowest BCUT2D eigenvalue weighted by Crippen LogP contribution is -2.16. The molecular formula is C17H18FNO4S. The molecule has 24 heavy (non-hydrogen) atoms. The summed E-state index contributed by atoms with van der Waals surface area (Å²) in [5.74, 6) is -0.287. The number of halogens is 1. The highest BCUT2D eigenvalue weighted by Gasteiger charge is 2.08. The molecule has 0 aliphatic carbocycles. The van der Waals surface area contributed by atoms with Gasteiger partial charge in [0.25, 0.3) is 10.1 Å². The molecule has 0 aliphatic heterocycles. The Bertz CT molecular complexity index is 786. The van der Waals surface area contributed by atoms with Crippen molar-refractivity contribution in [3.63, 3.8) is 0 Å². The monoisotopic (exact) mass is 351 g/mol. The van der Waals surface area contributed by atoms with Gasteiger partial charge in [0.1, 0.15) is 5.82 Å². The van der Waals surface area contributed by atoms with Gasteiger partial charge < -0.3 is 10.1 Å². The lowest BCUT2D eigenvalue weighted by Gasteiger charge is -2.11. The van der Waals surface area contributed by atoms with Crippen LogP contribution in [0.4, 0.5) is 4.39 Å². The van der Waals surface area contributed by atoms with Crippen LogP contribution in [-0.4, -0.2) is 19.6 Å². The summed E-state index contributed by atoms with van der Waals surface area (Å²) in [6.07, 6.45) is 0. The van der Waals surface area contributed by atoms with Crippen molar-refractivity contribution in [2.75, 3.05) is 6.61 Å². The van der Waals surface area contributed by atoms with E-state index in [1.807, 2.05) is 0 Å². The molecule has 0 fully saturated rings. The lowest BCUT2D eigenvalue weighted by molar-refractivity contribution is 0.138. The summed E-state index contributed by atoms with van der Waals surface area (Å²) in [5, 5.41) is 3.06. The van der Waals surface area contributed by atoms with Crippen LogP contribution in [0.15, 0.2) is 65.7 Å². The van der Waals surface area contributed by atoms with Gasteiger partial charge in [0.15, 0.2) is 0 Å². The molecule has 0 unspecified atom stereocenters. The van der Waals surface area contributed by atoms with Crippen LogP contribution >= 0.6 is 0 Å². The van der Waals surface area contributed by atoms with Gasteiger partial charge in [0.2, 0.25) is 0 Å². The standard InChI is InChI=1S/C17H18FNO4S/c1-13(11-23-12-15-2-6-16(18)7-3-15)19-10-14-4-8-17(9-5-14)24(20,21)22/h2-9,19H,1,10-12H2,(H,20,21,22). The molecule has 0 atom stereocenters. The topological polar surface area (TPSA) is 75.6 Å². The Morgan fingerprint density at radius 1 is 1.08 bits per heavy atom. The van der Waals surface area contributed by atoms with Crippen LogP contribution in [0.3, 0.4) is 0 Å². The smallest absolute Gasteiger partial charge is 0.294 e. The van der Waals surface area contributed by atoms with Gasteiger partial charge in [-0.2, -0.15) is 8.42 Å². The predicted molar refractivity (Wildman–Crippen MR) is 88.3 cm³/mol. The first-order valence-corrected chi connectivity index (χ1v) is 8.59. The van der Waals surface area contributed by atoms with Crippen molar-refractivity contribution >= 4 is 10.1 Å². The third-order valence-corrected chi connectivity index (χ3v) is 4.09. The number of benzene rings is 2. The van der Waals surface area contributed by atoms with E-state index in [2.05, 4.69) is 11.9 Å². The first kappa shape index (κ1) is 18.1. The van der Waals surface area contributed by atoms with Crippen LogP contribution in [0, 0.1) is 5.82 Å². The number of hydrogen-bond acceptors (Lipinski definition) is 4. The molecule has 0 saturated heterocycles. The molecule has 128 valence electrons. The first-order chi connectivity index (χ1) is 11.3. The fourth-order valence-electron chi connectivity index (χ4n) is 1.93. The molecule has 2 rings (SSSR count). The number of hydrogen-bond donors (Lipinski definition) is 2. The van der Waals surface area contributed by atoms with Crippen LogP contribution in [0.25, 0.3) is 0 Å². The molecule has 0 aliphatic rings. The Morgan fingerprint density at radius 3 is 2.25 bits per heavy atom. The zero-order chi connectivity index (χ0) is 17.6. The minimum Gasteiger partial charge on any atom is -0.383 e. The van der Waals surface area contributed by atoms with Gasteiger partial charge in [-0.1, -0.05) is 30.8 Å². The zero-order valence-electron chi connectivity index (χ0n) is 12.9. The third kappa shape index (κ3) is 5.77. The Labute approximate surface area is 140 Å². The minimum absolute atomic E-state index is 0.146. The highest BCUT2D eigenvalue weighted by molar-refractivity contribution is 7.85. The fourth-order valence-corrected chi connectivity index (χ4v) is 2.41.